The second-order valence-electron chi connectivity index (χ2n) is 6.13. The van der Waals surface area contributed by atoms with E-state index in [1.807, 2.05) is 11.8 Å². The second kappa shape index (κ2) is 5.94. The molecule has 0 aromatic rings. The van der Waals surface area contributed by atoms with Crippen molar-refractivity contribution >= 4 is 11.8 Å². The molecule has 2 aliphatic heterocycles. The highest BCUT2D eigenvalue weighted by molar-refractivity contribution is 7.99. The van der Waals surface area contributed by atoms with Crippen molar-refractivity contribution in [1.82, 2.24) is 0 Å². The zero-order valence-electron chi connectivity index (χ0n) is 11.2. The number of ether oxygens (including phenoxy) is 1. The highest BCUT2D eigenvalue weighted by atomic mass is 32.2. The average molecular weight is 258 g/mol. The lowest BCUT2D eigenvalue weighted by atomic mass is 9.80. The van der Waals surface area contributed by atoms with Gasteiger partial charge in [-0.25, -0.2) is 0 Å². The molecule has 3 unspecified atom stereocenters. The van der Waals surface area contributed by atoms with E-state index in [0.717, 1.165) is 38.0 Å². The van der Waals surface area contributed by atoms with Gasteiger partial charge in [0, 0.05) is 12.4 Å². The smallest absolute Gasteiger partial charge is 0.0783 e. The summed E-state index contributed by atoms with van der Waals surface area (Å²) in [4.78, 5) is 0. The molecule has 2 heterocycles. The lowest BCUT2D eigenvalue weighted by Gasteiger charge is -2.39. The first-order chi connectivity index (χ1) is 8.11. The van der Waals surface area contributed by atoms with Crippen molar-refractivity contribution in [1.29, 1.82) is 0 Å². The lowest BCUT2D eigenvalue weighted by Crippen LogP contribution is -2.43. The van der Waals surface area contributed by atoms with Gasteiger partial charge in [-0.15, -0.1) is 0 Å². The number of thioether (sulfide) groups is 1. The van der Waals surface area contributed by atoms with Gasteiger partial charge in [-0.2, -0.15) is 11.8 Å². The molecule has 0 amide bonds. The van der Waals surface area contributed by atoms with Crippen LogP contribution >= 0.6 is 11.8 Å². The van der Waals surface area contributed by atoms with Crippen molar-refractivity contribution in [3.63, 3.8) is 0 Å². The van der Waals surface area contributed by atoms with Crippen molar-refractivity contribution in [3.05, 3.63) is 0 Å². The van der Waals surface area contributed by atoms with Crippen LogP contribution in [-0.4, -0.2) is 34.9 Å². The van der Waals surface area contributed by atoms with Crippen molar-refractivity contribution in [2.45, 2.75) is 57.7 Å². The molecule has 3 heteroatoms. The number of hydrogen-bond donors (Lipinski definition) is 1. The molecule has 1 N–H and O–H groups in total. The Hall–Kier alpha value is 0.270. The van der Waals surface area contributed by atoms with E-state index in [0.29, 0.717) is 11.8 Å². The van der Waals surface area contributed by atoms with Gasteiger partial charge in [-0.1, -0.05) is 13.8 Å². The Labute approximate surface area is 110 Å². The Morgan fingerprint density at radius 2 is 2.24 bits per heavy atom. The van der Waals surface area contributed by atoms with Gasteiger partial charge in [-0.05, 0) is 49.7 Å². The first-order valence-electron chi connectivity index (χ1n) is 7.01. The predicted octanol–water partition coefficient (Wildman–Crippen LogP) is 3.09. The summed E-state index contributed by atoms with van der Waals surface area (Å²) < 4.78 is 6.00. The van der Waals surface area contributed by atoms with Crippen LogP contribution in [0.3, 0.4) is 0 Å². The number of aliphatic hydroxyl groups is 1. The van der Waals surface area contributed by atoms with E-state index in [2.05, 4.69) is 13.8 Å². The lowest BCUT2D eigenvalue weighted by molar-refractivity contribution is -0.102. The largest absolute Gasteiger partial charge is 0.393 e. The maximum Gasteiger partial charge on any atom is 0.0783 e. The molecule has 17 heavy (non-hydrogen) atoms. The molecule has 0 bridgehead atoms. The molecule has 100 valence electrons. The van der Waals surface area contributed by atoms with E-state index in [9.17, 15) is 5.11 Å². The molecular weight excluding hydrogens is 232 g/mol. The van der Waals surface area contributed by atoms with Crippen LogP contribution in [0.4, 0.5) is 0 Å². The van der Waals surface area contributed by atoms with Gasteiger partial charge in [0.1, 0.15) is 0 Å². The van der Waals surface area contributed by atoms with Crippen LogP contribution in [0.2, 0.25) is 0 Å². The fourth-order valence-electron chi connectivity index (χ4n) is 3.00. The zero-order chi connectivity index (χ0) is 12.3. The normalized spacial score (nSPS) is 35.6. The Bertz CT molecular complexity index is 236. The molecular formula is C14H26O2S. The van der Waals surface area contributed by atoms with Crippen LogP contribution in [0.5, 0.6) is 0 Å². The molecule has 0 aromatic carbocycles. The minimum absolute atomic E-state index is 0.108. The van der Waals surface area contributed by atoms with Gasteiger partial charge in [-0.3, -0.25) is 0 Å². The molecule has 2 saturated heterocycles. The first kappa shape index (κ1) is 13.7. The average Bonchev–Trinajstić information content (AvgIpc) is 2.74. The quantitative estimate of drug-likeness (QED) is 0.840. The van der Waals surface area contributed by atoms with E-state index in [1.165, 1.54) is 12.2 Å². The molecule has 3 atom stereocenters. The molecule has 2 nitrogen and oxygen atoms in total. The fraction of sp³-hybridized carbons (Fsp3) is 1.00. The highest BCUT2D eigenvalue weighted by Crippen LogP contribution is 2.41. The van der Waals surface area contributed by atoms with E-state index < -0.39 is 0 Å². The summed E-state index contributed by atoms with van der Waals surface area (Å²) in [6.07, 6.45) is 5.31. The monoisotopic (exact) mass is 258 g/mol. The summed E-state index contributed by atoms with van der Waals surface area (Å²) in [5.74, 6) is 3.54. The van der Waals surface area contributed by atoms with Gasteiger partial charge in [0.05, 0.1) is 11.7 Å². The topological polar surface area (TPSA) is 29.5 Å². The predicted molar refractivity (Wildman–Crippen MR) is 73.4 cm³/mol. The molecule has 0 aliphatic carbocycles. The molecule has 0 aromatic heterocycles. The van der Waals surface area contributed by atoms with Crippen molar-refractivity contribution < 1.29 is 9.84 Å². The summed E-state index contributed by atoms with van der Waals surface area (Å²) >= 11 is 2.00. The zero-order valence-corrected chi connectivity index (χ0v) is 12.0. The molecule has 1 spiro atoms. The number of rotatable bonds is 4. The third-order valence-electron chi connectivity index (χ3n) is 4.18. The molecule has 2 aliphatic rings. The second-order valence-corrected chi connectivity index (χ2v) is 7.23. The fourth-order valence-corrected chi connectivity index (χ4v) is 4.38. The SMILES string of the molecule is CC(C)CCC(O)C1CCOC2(CCSC2)C1. The van der Waals surface area contributed by atoms with Crippen LogP contribution in [0.15, 0.2) is 0 Å². The van der Waals surface area contributed by atoms with Crippen LogP contribution in [0, 0.1) is 11.8 Å². The Kier molecular flexibility index (Phi) is 4.79. The van der Waals surface area contributed by atoms with Gasteiger partial charge >= 0.3 is 0 Å². The van der Waals surface area contributed by atoms with Crippen molar-refractivity contribution in [2.75, 3.05) is 18.1 Å². The third-order valence-corrected chi connectivity index (χ3v) is 5.41. The minimum atomic E-state index is -0.108. The Balaban J connectivity index is 1.84. The minimum Gasteiger partial charge on any atom is -0.393 e. The standard InChI is InChI=1S/C14H26O2S/c1-11(2)3-4-13(15)12-5-7-16-14(9-12)6-8-17-10-14/h11-13,15H,3-10H2,1-2H3. The van der Waals surface area contributed by atoms with Crippen molar-refractivity contribution in [2.24, 2.45) is 11.8 Å². The first-order valence-corrected chi connectivity index (χ1v) is 8.16. The maximum absolute atomic E-state index is 10.3. The number of hydrogen-bond acceptors (Lipinski definition) is 3. The summed E-state index contributed by atoms with van der Waals surface area (Å²) in [5, 5.41) is 10.3. The summed E-state index contributed by atoms with van der Waals surface area (Å²) in [7, 11) is 0. The van der Waals surface area contributed by atoms with Crippen LogP contribution in [0.1, 0.15) is 46.0 Å². The molecule has 2 fully saturated rings. The van der Waals surface area contributed by atoms with Gasteiger partial charge in [0.2, 0.25) is 0 Å². The molecule has 0 saturated carbocycles. The summed E-state index contributed by atoms with van der Waals surface area (Å²) in [5.41, 5.74) is 0.117. The molecule has 2 rings (SSSR count). The maximum atomic E-state index is 10.3. The summed E-state index contributed by atoms with van der Waals surface area (Å²) in [6, 6.07) is 0. The Morgan fingerprint density at radius 3 is 2.88 bits per heavy atom. The highest BCUT2D eigenvalue weighted by Gasteiger charge is 2.42. The van der Waals surface area contributed by atoms with E-state index >= 15 is 0 Å². The number of aliphatic hydroxyl groups excluding tert-OH is 1. The van der Waals surface area contributed by atoms with E-state index in [-0.39, 0.29) is 11.7 Å². The third kappa shape index (κ3) is 3.62. The van der Waals surface area contributed by atoms with Crippen LogP contribution in [0.25, 0.3) is 0 Å². The Morgan fingerprint density at radius 1 is 1.41 bits per heavy atom. The summed E-state index contributed by atoms with van der Waals surface area (Å²) in [6.45, 7) is 5.31. The van der Waals surface area contributed by atoms with E-state index in [4.69, 9.17) is 4.74 Å². The van der Waals surface area contributed by atoms with Crippen molar-refractivity contribution in [3.8, 4) is 0 Å². The van der Waals surface area contributed by atoms with Gasteiger partial charge in [0.15, 0.2) is 0 Å². The van der Waals surface area contributed by atoms with Gasteiger partial charge < -0.3 is 9.84 Å². The molecule has 0 radical (unpaired) electrons. The van der Waals surface area contributed by atoms with Crippen LogP contribution in [-0.2, 0) is 4.74 Å². The van der Waals surface area contributed by atoms with Crippen LogP contribution < -0.4 is 0 Å². The van der Waals surface area contributed by atoms with Gasteiger partial charge in [0.25, 0.3) is 0 Å². The van der Waals surface area contributed by atoms with E-state index in [1.54, 1.807) is 0 Å².